The van der Waals surface area contributed by atoms with Crippen LogP contribution in [0.4, 0.5) is 0 Å². The highest BCUT2D eigenvalue weighted by atomic mass is 32.1. The predicted molar refractivity (Wildman–Crippen MR) is 74.6 cm³/mol. The molecule has 2 unspecified atom stereocenters. The Balaban J connectivity index is 1.93. The van der Waals surface area contributed by atoms with E-state index in [4.69, 9.17) is 5.11 Å². The van der Waals surface area contributed by atoms with Crippen LogP contribution in [0.15, 0.2) is 18.2 Å². The predicted octanol–water partition coefficient (Wildman–Crippen LogP) is 2.93. The van der Waals surface area contributed by atoms with Crippen molar-refractivity contribution in [3.05, 3.63) is 28.0 Å². The molecule has 0 aliphatic carbocycles. The smallest absolute Gasteiger partial charge is 0.328 e. The highest BCUT2D eigenvalue weighted by Gasteiger charge is 2.25. The molecule has 2 atom stereocenters. The number of aliphatic carboxylic acids is 1. The first-order chi connectivity index (χ1) is 8.54. The van der Waals surface area contributed by atoms with Crippen LogP contribution in [-0.4, -0.2) is 29.1 Å². The van der Waals surface area contributed by atoms with E-state index in [1.807, 2.05) is 6.07 Å². The van der Waals surface area contributed by atoms with E-state index >= 15 is 0 Å². The maximum atomic E-state index is 10.4. The van der Waals surface area contributed by atoms with Crippen molar-refractivity contribution in [2.24, 2.45) is 11.8 Å². The fourth-order valence-electron chi connectivity index (χ4n) is 2.32. The summed E-state index contributed by atoms with van der Waals surface area (Å²) in [5, 5.41) is 8.58. The van der Waals surface area contributed by atoms with Crippen LogP contribution in [0.2, 0.25) is 0 Å². The summed E-state index contributed by atoms with van der Waals surface area (Å²) in [7, 11) is 0. The van der Waals surface area contributed by atoms with Gasteiger partial charge >= 0.3 is 5.97 Å². The molecule has 1 N–H and O–H groups in total. The van der Waals surface area contributed by atoms with Crippen molar-refractivity contribution in [2.75, 3.05) is 13.1 Å². The lowest BCUT2D eigenvalue weighted by molar-refractivity contribution is -0.131. The molecule has 0 bridgehead atoms. The van der Waals surface area contributed by atoms with Crippen LogP contribution in [0.1, 0.15) is 23.6 Å². The monoisotopic (exact) mass is 265 g/mol. The molecule has 1 aliphatic rings. The minimum absolute atomic E-state index is 0.774. The Bertz CT molecular complexity index is 442. The molecular weight excluding hydrogens is 246 g/mol. The lowest BCUT2D eigenvalue weighted by Crippen LogP contribution is -2.19. The van der Waals surface area contributed by atoms with Crippen molar-refractivity contribution in [1.29, 1.82) is 0 Å². The number of nitrogens with zero attached hydrogens (tertiary/aromatic N) is 1. The van der Waals surface area contributed by atoms with Gasteiger partial charge in [-0.3, -0.25) is 4.90 Å². The third-order valence-electron chi connectivity index (χ3n) is 3.52. The molecule has 0 saturated carbocycles. The molecule has 4 heteroatoms. The molecule has 1 aromatic heterocycles. The SMILES string of the molecule is CC1CN(Cc2ccc(C=CC(=O)O)s2)CC1C. The van der Waals surface area contributed by atoms with E-state index < -0.39 is 5.97 Å². The maximum Gasteiger partial charge on any atom is 0.328 e. The first-order valence-corrected chi connectivity index (χ1v) is 7.08. The van der Waals surface area contributed by atoms with Crippen LogP contribution in [0.5, 0.6) is 0 Å². The van der Waals surface area contributed by atoms with Gasteiger partial charge in [-0.25, -0.2) is 4.79 Å². The minimum Gasteiger partial charge on any atom is -0.478 e. The Morgan fingerprint density at radius 2 is 2.11 bits per heavy atom. The summed E-state index contributed by atoms with van der Waals surface area (Å²) in [5.41, 5.74) is 0. The molecular formula is C14H19NO2S. The third-order valence-corrected chi connectivity index (χ3v) is 4.55. The molecule has 2 rings (SSSR count). The Kier molecular flexibility index (Phi) is 4.19. The number of carbonyl (C=O) groups is 1. The first-order valence-electron chi connectivity index (χ1n) is 6.26. The van der Waals surface area contributed by atoms with Gasteiger partial charge in [-0.05, 0) is 30.0 Å². The summed E-state index contributed by atoms with van der Waals surface area (Å²) in [6, 6.07) is 4.09. The second-order valence-electron chi connectivity index (χ2n) is 5.12. The quantitative estimate of drug-likeness (QED) is 0.851. The molecule has 0 radical (unpaired) electrons. The lowest BCUT2D eigenvalue weighted by atomic mass is 10.0. The lowest BCUT2D eigenvalue weighted by Gasteiger charge is -2.13. The number of rotatable bonds is 4. The number of likely N-dealkylation sites (tertiary alicyclic amines) is 1. The van der Waals surface area contributed by atoms with Crippen molar-refractivity contribution < 1.29 is 9.90 Å². The summed E-state index contributed by atoms with van der Waals surface area (Å²) in [5.74, 6) is 0.653. The summed E-state index contributed by atoms with van der Waals surface area (Å²) < 4.78 is 0. The number of thiophene rings is 1. The number of hydrogen-bond acceptors (Lipinski definition) is 3. The number of carboxylic acids is 1. The molecule has 98 valence electrons. The Morgan fingerprint density at radius 1 is 1.44 bits per heavy atom. The average molecular weight is 265 g/mol. The Hall–Kier alpha value is -1.13. The van der Waals surface area contributed by atoms with Crippen molar-refractivity contribution in [3.63, 3.8) is 0 Å². The second-order valence-corrected chi connectivity index (χ2v) is 6.32. The molecule has 2 heterocycles. The van der Waals surface area contributed by atoms with Crippen LogP contribution < -0.4 is 0 Å². The number of hydrogen-bond donors (Lipinski definition) is 1. The molecule has 0 aromatic carbocycles. The fraction of sp³-hybridized carbons (Fsp3) is 0.500. The van der Waals surface area contributed by atoms with Gasteiger partial charge in [0.25, 0.3) is 0 Å². The van der Waals surface area contributed by atoms with Gasteiger partial charge < -0.3 is 5.11 Å². The van der Waals surface area contributed by atoms with Gasteiger partial charge in [0, 0.05) is 35.5 Å². The summed E-state index contributed by atoms with van der Waals surface area (Å²) in [6.07, 6.45) is 2.85. The van der Waals surface area contributed by atoms with Crippen molar-refractivity contribution in [2.45, 2.75) is 20.4 Å². The summed E-state index contributed by atoms with van der Waals surface area (Å²) in [4.78, 5) is 15.2. The van der Waals surface area contributed by atoms with Gasteiger partial charge in [-0.1, -0.05) is 13.8 Å². The van der Waals surface area contributed by atoms with E-state index in [2.05, 4.69) is 24.8 Å². The van der Waals surface area contributed by atoms with Crippen LogP contribution in [0, 0.1) is 11.8 Å². The van der Waals surface area contributed by atoms with E-state index in [0.29, 0.717) is 0 Å². The van der Waals surface area contributed by atoms with Gasteiger partial charge in [-0.2, -0.15) is 0 Å². The van der Waals surface area contributed by atoms with Gasteiger partial charge in [0.15, 0.2) is 0 Å². The van der Waals surface area contributed by atoms with Gasteiger partial charge in [-0.15, -0.1) is 11.3 Å². The first kappa shape index (κ1) is 13.3. The second kappa shape index (κ2) is 5.67. The highest BCUT2D eigenvalue weighted by Crippen LogP contribution is 2.26. The maximum absolute atomic E-state index is 10.4. The number of carboxylic acid groups (broad SMARTS) is 1. The molecule has 1 aromatic rings. The third kappa shape index (κ3) is 3.43. The molecule has 0 amide bonds. The van der Waals surface area contributed by atoms with E-state index in [-0.39, 0.29) is 0 Å². The topological polar surface area (TPSA) is 40.5 Å². The van der Waals surface area contributed by atoms with E-state index in [9.17, 15) is 4.79 Å². The Labute approximate surface area is 112 Å². The van der Waals surface area contributed by atoms with Crippen LogP contribution in [-0.2, 0) is 11.3 Å². The van der Waals surface area contributed by atoms with Crippen molar-refractivity contribution in [3.8, 4) is 0 Å². The minimum atomic E-state index is -0.896. The normalized spacial score (nSPS) is 25.0. The largest absolute Gasteiger partial charge is 0.478 e. The van der Waals surface area contributed by atoms with Crippen molar-refractivity contribution >= 4 is 23.4 Å². The van der Waals surface area contributed by atoms with Gasteiger partial charge in [0.2, 0.25) is 0 Å². The summed E-state index contributed by atoms with van der Waals surface area (Å²) >= 11 is 1.67. The van der Waals surface area contributed by atoms with Crippen molar-refractivity contribution in [1.82, 2.24) is 4.90 Å². The van der Waals surface area contributed by atoms with Crippen LogP contribution in [0.3, 0.4) is 0 Å². The van der Waals surface area contributed by atoms with E-state index in [0.717, 1.165) is 23.3 Å². The zero-order valence-corrected chi connectivity index (χ0v) is 11.6. The molecule has 1 saturated heterocycles. The molecule has 0 spiro atoms. The van der Waals surface area contributed by atoms with Crippen LogP contribution in [0.25, 0.3) is 6.08 Å². The molecule has 1 aliphatic heterocycles. The van der Waals surface area contributed by atoms with E-state index in [1.54, 1.807) is 17.4 Å². The fourth-order valence-corrected chi connectivity index (χ4v) is 3.28. The summed E-state index contributed by atoms with van der Waals surface area (Å²) in [6.45, 7) is 7.93. The standard InChI is InChI=1S/C14H19NO2S/c1-10-7-15(8-11(10)2)9-13-4-3-12(18-13)5-6-14(16)17/h3-6,10-11H,7-9H2,1-2H3,(H,16,17). The van der Waals surface area contributed by atoms with Gasteiger partial charge in [0.1, 0.15) is 0 Å². The zero-order chi connectivity index (χ0) is 13.1. The molecule has 1 fully saturated rings. The van der Waals surface area contributed by atoms with Crippen LogP contribution >= 0.6 is 11.3 Å². The van der Waals surface area contributed by atoms with Gasteiger partial charge in [0.05, 0.1) is 0 Å². The Morgan fingerprint density at radius 3 is 2.72 bits per heavy atom. The molecule has 3 nitrogen and oxygen atoms in total. The average Bonchev–Trinajstić information content (AvgIpc) is 2.85. The highest BCUT2D eigenvalue weighted by molar-refractivity contribution is 7.12. The van der Waals surface area contributed by atoms with E-state index in [1.165, 1.54) is 24.0 Å². The zero-order valence-electron chi connectivity index (χ0n) is 10.8. The molecule has 18 heavy (non-hydrogen) atoms.